The maximum absolute atomic E-state index is 9.52. The van der Waals surface area contributed by atoms with E-state index in [9.17, 15) is 10.2 Å². The molecule has 0 aliphatic heterocycles. The first-order chi connectivity index (χ1) is 6.59. The summed E-state index contributed by atoms with van der Waals surface area (Å²) >= 11 is 0. The summed E-state index contributed by atoms with van der Waals surface area (Å²) in [5, 5.41) is 20.8. The van der Waals surface area contributed by atoms with E-state index in [1.807, 2.05) is 30.1 Å². The fraction of sp³-hybridized carbons (Fsp3) is 0.182. The lowest BCUT2D eigenvalue weighted by Gasteiger charge is -2.05. The Morgan fingerprint density at radius 1 is 1.29 bits per heavy atom. The highest BCUT2D eigenvalue weighted by molar-refractivity contribution is 5.88. The number of aromatic nitrogens is 1. The van der Waals surface area contributed by atoms with Gasteiger partial charge in [-0.1, -0.05) is 0 Å². The van der Waals surface area contributed by atoms with Gasteiger partial charge < -0.3 is 10.2 Å². The van der Waals surface area contributed by atoms with Crippen LogP contribution >= 0.6 is 0 Å². The minimum absolute atomic E-state index is 0.0358. The Bertz CT molecular complexity index is 506. The average Bonchev–Trinajstić information content (AvgIpc) is 2.14. The van der Waals surface area contributed by atoms with Crippen molar-refractivity contribution in [1.82, 2.24) is 0 Å². The number of nitrogens with zero attached hydrogens (tertiary/aromatic N) is 1. The number of aryl methyl sites for hydroxylation is 2. The molecule has 14 heavy (non-hydrogen) atoms. The van der Waals surface area contributed by atoms with E-state index >= 15 is 0 Å². The fourth-order valence-electron chi connectivity index (χ4n) is 1.61. The van der Waals surface area contributed by atoms with Crippen molar-refractivity contribution < 1.29 is 14.8 Å². The van der Waals surface area contributed by atoms with Crippen molar-refractivity contribution in [3.63, 3.8) is 0 Å². The SMILES string of the molecule is Cc1c(O)c(O)cc2c[n+](C)ccc12. The van der Waals surface area contributed by atoms with E-state index < -0.39 is 0 Å². The van der Waals surface area contributed by atoms with E-state index in [1.165, 1.54) is 0 Å². The van der Waals surface area contributed by atoms with E-state index in [1.54, 1.807) is 13.0 Å². The molecule has 2 rings (SSSR count). The summed E-state index contributed by atoms with van der Waals surface area (Å²) in [6.07, 6.45) is 3.81. The highest BCUT2D eigenvalue weighted by atomic mass is 16.3. The molecule has 0 atom stereocenters. The molecule has 1 heterocycles. The van der Waals surface area contributed by atoms with Gasteiger partial charge in [0.15, 0.2) is 23.9 Å². The molecule has 72 valence electrons. The molecule has 1 aromatic heterocycles. The molecule has 0 radical (unpaired) electrons. The van der Waals surface area contributed by atoms with Crippen LogP contribution in [0.3, 0.4) is 0 Å². The first kappa shape index (κ1) is 8.81. The minimum atomic E-state index is -0.0683. The van der Waals surface area contributed by atoms with E-state index in [4.69, 9.17) is 0 Å². The van der Waals surface area contributed by atoms with Crippen molar-refractivity contribution in [2.45, 2.75) is 6.92 Å². The van der Waals surface area contributed by atoms with E-state index in [0.717, 1.165) is 10.8 Å². The number of phenolic OH excluding ortho intramolecular Hbond substituents is 2. The van der Waals surface area contributed by atoms with Crippen molar-refractivity contribution in [2.75, 3.05) is 0 Å². The Hall–Kier alpha value is -1.77. The molecule has 0 amide bonds. The van der Waals surface area contributed by atoms with E-state index in [-0.39, 0.29) is 11.5 Å². The number of hydrogen-bond acceptors (Lipinski definition) is 2. The first-order valence-electron chi connectivity index (χ1n) is 4.40. The van der Waals surface area contributed by atoms with E-state index in [2.05, 4.69) is 0 Å². The van der Waals surface area contributed by atoms with Gasteiger partial charge in [-0.25, -0.2) is 4.57 Å². The van der Waals surface area contributed by atoms with Gasteiger partial charge in [0, 0.05) is 22.4 Å². The minimum Gasteiger partial charge on any atom is -0.504 e. The van der Waals surface area contributed by atoms with Gasteiger partial charge in [-0.2, -0.15) is 0 Å². The predicted octanol–water partition coefficient (Wildman–Crippen LogP) is 1.38. The largest absolute Gasteiger partial charge is 0.504 e. The second-order valence-electron chi connectivity index (χ2n) is 3.48. The Balaban J connectivity index is 2.91. The zero-order chi connectivity index (χ0) is 10.3. The van der Waals surface area contributed by atoms with Crippen molar-refractivity contribution in [2.24, 2.45) is 7.05 Å². The first-order valence-corrected chi connectivity index (χ1v) is 4.40. The van der Waals surface area contributed by atoms with Crippen LogP contribution in [0, 0.1) is 6.92 Å². The van der Waals surface area contributed by atoms with Gasteiger partial charge in [-0.3, -0.25) is 0 Å². The number of hydrogen-bond donors (Lipinski definition) is 2. The molecule has 3 heteroatoms. The summed E-state index contributed by atoms with van der Waals surface area (Å²) in [5.41, 5.74) is 0.709. The molecular weight excluding hydrogens is 178 g/mol. The monoisotopic (exact) mass is 190 g/mol. The number of rotatable bonds is 0. The maximum atomic E-state index is 9.52. The number of fused-ring (bicyclic) bond motifs is 1. The van der Waals surface area contributed by atoms with Crippen molar-refractivity contribution in [3.8, 4) is 11.5 Å². The van der Waals surface area contributed by atoms with Gasteiger partial charge in [0.05, 0.1) is 0 Å². The Labute approximate surface area is 81.9 Å². The third-order valence-electron chi connectivity index (χ3n) is 2.42. The van der Waals surface area contributed by atoms with Crippen molar-refractivity contribution >= 4 is 10.8 Å². The van der Waals surface area contributed by atoms with Crippen LogP contribution in [0.25, 0.3) is 10.8 Å². The second-order valence-corrected chi connectivity index (χ2v) is 3.48. The van der Waals surface area contributed by atoms with Crippen LogP contribution in [0.4, 0.5) is 0 Å². The van der Waals surface area contributed by atoms with Crippen LogP contribution in [0.2, 0.25) is 0 Å². The van der Waals surface area contributed by atoms with Crippen LogP contribution < -0.4 is 4.57 Å². The molecule has 0 aliphatic rings. The highest BCUT2D eigenvalue weighted by Crippen LogP contribution is 2.34. The molecule has 2 N–H and O–H groups in total. The van der Waals surface area contributed by atoms with Crippen LogP contribution in [0.1, 0.15) is 5.56 Å². The zero-order valence-electron chi connectivity index (χ0n) is 8.15. The second kappa shape index (κ2) is 2.87. The molecule has 0 bridgehead atoms. The number of pyridine rings is 1. The lowest BCUT2D eigenvalue weighted by molar-refractivity contribution is -0.670. The van der Waals surface area contributed by atoms with Gasteiger partial charge >= 0.3 is 0 Å². The summed E-state index contributed by atoms with van der Waals surface area (Å²) in [4.78, 5) is 0. The molecule has 0 saturated heterocycles. The topological polar surface area (TPSA) is 44.3 Å². The third kappa shape index (κ3) is 1.18. The molecule has 0 unspecified atom stereocenters. The maximum Gasteiger partial charge on any atom is 0.176 e. The molecule has 1 aromatic carbocycles. The lowest BCUT2D eigenvalue weighted by Crippen LogP contribution is -2.25. The van der Waals surface area contributed by atoms with Crippen molar-refractivity contribution in [1.29, 1.82) is 0 Å². The normalized spacial score (nSPS) is 10.7. The summed E-state index contributed by atoms with van der Waals surface area (Å²) in [6, 6.07) is 3.49. The molecule has 0 saturated carbocycles. The number of phenols is 2. The van der Waals surface area contributed by atoms with Gasteiger partial charge in [0.1, 0.15) is 7.05 Å². The van der Waals surface area contributed by atoms with Crippen LogP contribution in [0.5, 0.6) is 11.5 Å². The fourth-order valence-corrected chi connectivity index (χ4v) is 1.61. The molecule has 0 spiro atoms. The van der Waals surface area contributed by atoms with E-state index in [0.29, 0.717) is 5.56 Å². The predicted molar refractivity (Wildman–Crippen MR) is 53.2 cm³/mol. The summed E-state index contributed by atoms with van der Waals surface area (Å²) in [6.45, 7) is 1.79. The number of aromatic hydroxyl groups is 2. The third-order valence-corrected chi connectivity index (χ3v) is 2.42. The Kier molecular flexibility index (Phi) is 1.81. The molecule has 3 nitrogen and oxygen atoms in total. The summed E-state index contributed by atoms with van der Waals surface area (Å²) in [5.74, 6) is -0.104. The van der Waals surface area contributed by atoms with Gasteiger partial charge in [-0.05, 0) is 13.0 Å². The Morgan fingerprint density at radius 3 is 2.71 bits per heavy atom. The summed E-state index contributed by atoms with van der Waals surface area (Å²) < 4.78 is 1.90. The van der Waals surface area contributed by atoms with Crippen LogP contribution in [-0.4, -0.2) is 10.2 Å². The average molecular weight is 190 g/mol. The van der Waals surface area contributed by atoms with Gasteiger partial charge in [0.25, 0.3) is 0 Å². The highest BCUT2D eigenvalue weighted by Gasteiger charge is 2.10. The molecule has 2 aromatic rings. The standard InChI is InChI=1S/C11H11NO2/c1-7-9-3-4-12(2)6-8(9)5-10(13)11(7)14/h3-6,13H,1-2H3/p+1. The molecule has 0 aliphatic carbocycles. The zero-order valence-corrected chi connectivity index (χ0v) is 8.15. The molecular formula is C11H12NO2+. The van der Waals surface area contributed by atoms with Crippen molar-refractivity contribution in [3.05, 3.63) is 30.1 Å². The van der Waals surface area contributed by atoms with Gasteiger partial charge in [0.2, 0.25) is 0 Å². The smallest absolute Gasteiger partial charge is 0.176 e. The quantitative estimate of drug-likeness (QED) is 0.487. The van der Waals surface area contributed by atoms with Crippen LogP contribution in [0.15, 0.2) is 24.5 Å². The number of benzene rings is 1. The summed E-state index contributed by atoms with van der Waals surface area (Å²) in [7, 11) is 1.92. The lowest BCUT2D eigenvalue weighted by atomic mass is 10.1. The van der Waals surface area contributed by atoms with Crippen LogP contribution in [-0.2, 0) is 7.05 Å². The Morgan fingerprint density at radius 2 is 2.00 bits per heavy atom. The van der Waals surface area contributed by atoms with Gasteiger partial charge in [-0.15, -0.1) is 0 Å². The molecule has 0 fully saturated rings.